The zero-order chi connectivity index (χ0) is 13.3. The topological polar surface area (TPSA) is 30.0 Å². The summed E-state index contributed by atoms with van der Waals surface area (Å²) in [7, 11) is 0. The molecule has 0 atom stereocenters. The Kier molecular flexibility index (Phi) is 3.85. The first-order valence-corrected chi connectivity index (χ1v) is 5.92. The number of aldehydes is 1. The summed E-state index contributed by atoms with van der Waals surface area (Å²) in [5.41, 5.74) is 0.701. The van der Waals surface area contributed by atoms with E-state index < -0.39 is 5.82 Å². The maximum atomic E-state index is 13.0. The molecule has 0 aliphatic heterocycles. The minimum absolute atomic E-state index is 0.0789. The lowest BCUT2D eigenvalue weighted by Crippen LogP contribution is -1.94. The lowest BCUT2D eigenvalue weighted by Gasteiger charge is -2.08. The average molecular weight is 305 g/mol. The zero-order valence-electron chi connectivity index (χ0n) is 8.75. The molecule has 0 saturated carbocycles. The predicted molar refractivity (Wildman–Crippen MR) is 70.0 cm³/mol. The van der Waals surface area contributed by atoms with Crippen LogP contribution in [0, 0.1) is 5.82 Å². The predicted octanol–water partition coefficient (Wildman–Crippen LogP) is 4.66. The number of aromatic nitrogens is 1. The summed E-state index contributed by atoms with van der Waals surface area (Å²) in [5, 5.41) is 0.799. The minimum atomic E-state index is -0.606. The average Bonchev–Trinajstić information content (AvgIpc) is 2.34. The van der Waals surface area contributed by atoms with Crippen molar-refractivity contribution in [2.75, 3.05) is 0 Å². The first-order valence-electron chi connectivity index (χ1n) is 4.78. The number of hydrogen-bond acceptors (Lipinski definition) is 2. The second kappa shape index (κ2) is 5.22. The fraction of sp³-hybridized carbons (Fsp3) is 0. The van der Waals surface area contributed by atoms with E-state index in [4.69, 9.17) is 34.8 Å². The molecule has 0 aliphatic carbocycles. The van der Waals surface area contributed by atoms with Crippen LogP contribution in [0.25, 0.3) is 11.3 Å². The van der Waals surface area contributed by atoms with Crippen LogP contribution in [0.3, 0.4) is 0 Å². The van der Waals surface area contributed by atoms with Gasteiger partial charge in [0.05, 0.1) is 21.9 Å². The number of rotatable bonds is 2. The summed E-state index contributed by atoms with van der Waals surface area (Å²) in [4.78, 5) is 14.8. The van der Waals surface area contributed by atoms with Gasteiger partial charge in [-0.3, -0.25) is 9.78 Å². The van der Waals surface area contributed by atoms with Crippen LogP contribution >= 0.6 is 34.8 Å². The largest absolute Gasteiger partial charge is 0.298 e. The monoisotopic (exact) mass is 303 g/mol. The Labute approximate surface area is 117 Å². The summed E-state index contributed by atoms with van der Waals surface area (Å²) in [5.74, 6) is -0.606. The van der Waals surface area contributed by atoms with Crippen LogP contribution < -0.4 is 0 Å². The van der Waals surface area contributed by atoms with Crippen molar-refractivity contribution in [1.82, 2.24) is 4.98 Å². The molecule has 2 rings (SSSR count). The fourth-order valence-corrected chi connectivity index (χ4v) is 2.19. The van der Waals surface area contributed by atoms with Crippen LogP contribution in [0.5, 0.6) is 0 Å². The Morgan fingerprint density at radius 2 is 1.89 bits per heavy atom. The van der Waals surface area contributed by atoms with Crippen LogP contribution in [0.15, 0.2) is 24.4 Å². The molecule has 6 heteroatoms. The third kappa shape index (κ3) is 2.48. The molecule has 2 aromatic rings. The summed E-state index contributed by atoms with van der Waals surface area (Å²) in [6.07, 6.45) is 1.49. The van der Waals surface area contributed by atoms with Gasteiger partial charge in [0, 0.05) is 16.1 Å². The van der Waals surface area contributed by atoms with E-state index in [9.17, 15) is 9.18 Å². The van der Waals surface area contributed by atoms with E-state index in [-0.39, 0.29) is 21.3 Å². The lowest BCUT2D eigenvalue weighted by molar-refractivity contribution is 0.112. The van der Waals surface area contributed by atoms with E-state index in [1.165, 1.54) is 12.1 Å². The van der Waals surface area contributed by atoms with Crippen LogP contribution in [0.1, 0.15) is 10.4 Å². The molecule has 2 nitrogen and oxygen atoms in total. The van der Waals surface area contributed by atoms with Gasteiger partial charge in [0.25, 0.3) is 0 Å². The number of halogens is 4. The molecule has 0 saturated heterocycles. The number of hydrogen-bond donors (Lipinski definition) is 0. The summed E-state index contributed by atoms with van der Waals surface area (Å²) < 4.78 is 13.0. The van der Waals surface area contributed by atoms with Gasteiger partial charge in [-0.15, -0.1) is 0 Å². The van der Waals surface area contributed by atoms with Gasteiger partial charge in [-0.25, -0.2) is 4.39 Å². The van der Waals surface area contributed by atoms with Crippen molar-refractivity contribution in [3.63, 3.8) is 0 Å². The van der Waals surface area contributed by atoms with Crippen LogP contribution in [-0.2, 0) is 0 Å². The highest BCUT2D eigenvalue weighted by Crippen LogP contribution is 2.36. The summed E-state index contributed by atoms with van der Waals surface area (Å²) in [6, 6.07) is 4.06. The molecule has 92 valence electrons. The standard InChI is InChI=1S/C12H5Cl3FNO/c13-7-2-9(11(15)10(14)3-7)12-6(5-18)1-8(16)4-17-12/h1-5H. The van der Waals surface area contributed by atoms with Crippen LogP contribution in [0.4, 0.5) is 4.39 Å². The van der Waals surface area contributed by atoms with Crippen LogP contribution in [0.2, 0.25) is 15.1 Å². The molecule has 1 heterocycles. The third-order valence-electron chi connectivity index (χ3n) is 2.26. The molecule has 0 radical (unpaired) electrons. The molecule has 0 unspecified atom stereocenters. The molecular formula is C12H5Cl3FNO. The van der Waals surface area contributed by atoms with Gasteiger partial charge in [0.15, 0.2) is 6.29 Å². The first-order chi connectivity index (χ1) is 8.52. The highest BCUT2D eigenvalue weighted by Gasteiger charge is 2.14. The second-order valence-corrected chi connectivity index (χ2v) is 4.68. The molecular weight excluding hydrogens is 299 g/mol. The molecule has 1 aromatic heterocycles. The van der Waals surface area contributed by atoms with Gasteiger partial charge in [0.1, 0.15) is 5.82 Å². The molecule has 0 aliphatic rings. The van der Waals surface area contributed by atoms with E-state index >= 15 is 0 Å². The molecule has 0 fully saturated rings. The first kappa shape index (κ1) is 13.3. The van der Waals surface area contributed by atoms with E-state index in [1.54, 1.807) is 0 Å². The van der Waals surface area contributed by atoms with Crippen molar-refractivity contribution >= 4 is 41.1 Å². The highest BCUT2D eigenvalue weighted by molar-refractivity contribution is 6.45. The molecule has 1 aromatic carbocycles. The van der Waals surface area contributed by atoms with Crippen molar-refractivity contribution in [1.29, 1.82) is 0 Å². The maximum Gasteiger partial charge on any atom is 0.152 e. The van der Waals surface area contributed by atoms with E-state index in [2.05, 4.69) is 4.98 Å². The van der Waals surface area contributed by atoms with Gasteiger partial charge in [0.2, 0.25) is 0 Å². The lowest BCUT2D eigenvalue weighted by atomic mass is 10.1. The molecule has 0 spiro atoms. The van der Waals surface area contributed by atoms with Crippen molar-refractivity contribution in [2.24, 2.45) is 0 Å². The van der Waals surface area contributed by atoms with Crippen molar-refractivity contribution in [3.05, 3.63) is 50.8 Å². The Morgan fingerprint density at radius 1 is 1.17 bits per heavy atom. The zero-order valence-corrected chi connectivity index (χ0v) is 11.0. The van der Waals surface area contributed by atoms with Gasteiger partial charge in [-0.1, -0.05) is 34.8 Å². The van der Waals surface area contributed by atoms with Gasteiger partial charge in [-0.05, 0) is 18.2 Å². The van der Waals surface area contributed by atoms with E-state index in [0.717, 1.165) is 12.3 Å². The molecule has 0 bridgehead atoms. The van der Waals surface area contributed by atoms with Gasteiger partial charge in [-0.2, -0.15) is 0 Å². The maximum absolute atomic E-state index is 13.0. The summed E-state index contributed by atoms with van der Waals surface area (Å²) >= 11 is 17.8. The van der Waals surface area contributed by atoms with Gasteiger partial charge >= 0.3 is 0 Å². The normalized spacial score (nSPS) is 10.4. The number of nitrogens with zero attached hydrogens (tertiary/aromatic N) is 1. The Balaban J connectivity index is 2.72. The van der Waals surface area contributed by atoms with E-state index in [0.29, 0.717) is 16.9 Å². The SMILES string of the molecule is O=Cc1cc(F)cnc1-c1cc(Cl)cc(Cl)c1Cl. The van der Waals surface area contributed by atoms with E-state index in [1.807, 2.05) is 0 Å². The quantitative estimate of drug-likeness (QED) is 0.596. The minimum Gasteiger partial charge on any atom is -0.298 e. The number of pyridine rings is 1. The summed E-state index contributed by atoms with van der Waals surface area (Å²) in [6.45, 7) is 0. The van der Waals surface area contributed by atoms with Gasteiger partial charge < -0.3 is 0 Å². The van der Waals surface area contributed by atoms with Crippen molar-refractivity contribution in [3.8, 4) is 11.3 Å². The molecule has 0 amide bonds. The van der Waals surface area contributed by atoms with Crippen molar-refractivity contribution < 1.29 is 9.18 Å². The number of benzene rings is 1. The second-order valence-electron chi connectivity index (χ2n) is 3.46. The fourth-order valence-electron chi connectivity index (χ4n) is 1.50. The highest BCUT2D eigenvalue weighted by atomic mass is 35.5. The Hall–Kier alpha value is -1.16. The smallest absolute Gasteiger partial charge is 0.152 e. The number of carbonyl (C=O) groups excluding carboxylic acids is 1. The van der Waals surface area contributed by atoms with Crippen LogP contribution in [-0.4, -0.2) is 11.3 Å². The van der Waals surface area contributed by atoms with Crippen molar-refractivity contribution in [2.45, 2.75) is 0 Å². The Morgan fingerprint density at radius 3 is 2.56 bits per heavy atom. The molecule has 0 N–H and O–H groups in total. The Bertz CT molecular complexity index is 631. The number of carbonyl (C=O) groups is 1. The third-order valence-corrected chi connectivity index (χ3v) is 3.28. The molecule has 18 heavy (non-hydrogen) atoms.